The van der Waals surface area contributed by atoms with E-state index in [0.29, 0.717) is 13.3 Å². The molecule has 3 fully saturated rings. The molecule has 1 saturated carbocycles. The standard InChI is InChI=1S/C22H31N3O3/c1-3-28-18-11-9-17(10-12-18)19-8-6-14-24(19)15-25-20(26)22(23-21(25)27)13-5-4-7-16(22)2/h9-12,16,19H,3-8,13-15H2,1-2H3,(H,23,27). The van der Waals surface area contributed by atoms with Crippen LogP contribution in [-0.2, 0) is 4.79 Å². The van der Waals surface area contributed by atoms with Crippen molar-refractivity contribution >= 4 is 11.9 Å². The first-order valence-corrected chi connectivity index (χ1v) is 10.7. The average molecular weight is 386 g/mol. The lowest BCUT2D eigenvalue weighted by atomic mass is 9.73. The highest BCUT2D eigenvalue weighted by molar-refractivity contribution is 6.07. The lowest BCUT2D eigenvalue weighted by Crippen LogP contribution is -2.54. The molecule has 0 aromatic heterocycles. The van der Waals surface area contributed by atoms with Crippen molar-refractivity contribution in [3.63, 3.8) is 0 Å². The normalized spacial score (nSPS) is 30.9. The minimum absolute atomic E-state index is 0.0259. The third kappa shape index (κ3) is 3.28. The summed E-state index contributed by atoms with van der Waals surface area (Å²) >= 11 is 0. The number of carbonyl (C=O) groups is 2. The second kappa shape index (κ2) is 7.74. The van der Waals surface area contributed by atoms with E-state index in [0.717, 1.165) is 50.8 Å². The van der Waals surface area contributed by atoms with E-state index in [1.807, 2.05) is 19.1 Å². The maximum absolute atomic E-state index is 13.3. The van der Waals surface area contributed by atoms with Crippen LogP contribution in [0.4, 0.5) is 4.79 Å². The van der Waals surface area contributed by atoms with Crippen LogP contribution in [0.3, 0.4) is 0 Å². The van der Waals surface area contributed by atoms with E-state index in [9.17, 15) is 9.59 Å². The molecule has 0 bridgehead atoms. The van der Waals surface area contributed by atoms with Crippen LogP contribution >= 0.6 is 0 Å². The summed E-state index contributed by atoms with van der Waals surface area (Å²) in [6, 6.07) is 8.21. The minimum atomic E-state index is -0.677. The third-order valence-corrected chi connectivity index (χ3v) is 6.76. The fourth-order valence-electron chi connectivity index (χ4n) is 5.13. The molecular weight excluding hydrogens is 354 g/mol. The first-order chi connectivity index (χ1) is 13.5. The lowest BCUT2D eigenvalue weighted by Gasteiger charge is -2.37. The second-order valence-corrected chi connectivity index (χ2v) is 8.40. The second-order valence-electron chi connectivity index (χ2n) is 8.40. The molecular formula is C22H31N3O3. The number of nitrogens with one attached hydrogen (secondary N) is 1. The Morgan fingerprint density at radius 2 is 1.93 bits per heavy atom. The molecule has 1 aromatic carbocycles. The highest BCUT2D eigenvalue weighted by Gasteiger charge is 2.55. The molecule has 2 saturated heterocycles. The maximum atomic E-state index is 13.3. The lowest BCUT2D eigenvalue weighted by molar-refractivity contribution is -0.135. The van der Waals surface area contributed by atoms with Crippen LogP contribution in [0.2, 0.25) is 0 Å². The molecule has 28 heavy (non-hydrogen) atoms. The number of carbonyl (C=O) groups excluding carboxylic acids is 2. The number of hydrogen-bond acceptors (Lipinski definition) is 4. The summed E-state index contributed by atoms with van der Waals surface area (Å²) in [5.41, 5.74) is 0.540. The third-order valence-electron chi connectivity index (χ3n) is 6.76. The number of amides is 3. The van der Waals surface area contributed by atoms with Gasteiger partial charge in [0.1, 0.15) is 11.3 Å². The SMILES string of the molecule is CCOc1ccc(C2CCCN2CN2C(=O)NC3(CCCCC3C)C2=O)cc1. The van der Waals surface area contributed by atoms with E-state index >= 15 is 0 Å². The van der Waals surface area contributed by atoms with Crippen molar-refractivity contribution in [3.05, 3.63) is 29.8 Å². The van der Waals surface area contributed by atoms with E-state index in [4.69, 9.17) is 4.74 Å². The summed E-state index contributed by atoms with van der Waals surface area (Å²) < 4.78 is 5.54. The molecule has 1 spiro atoms. The number of benzene rings is 1. The Labute approximate surface area is 167 Å². The van der Waals surface area contributed by atoms with Gasteiger partial charge in [0.05, 0.1) is 13.3 Å². The summed E-state index contributed by atoms with van der Waals surface area (Å²) in [6.07, 6.45) is 6.01. The van der Waals surface area contributed by atoms with Gasteiger partial charge in [-0.2, -0.15) is 0 Å². The van der Waals surface area contributed by atoms with Gasteiger partial charge in [0.25, 0.3) is 5.91 Å². The van der Waals surface area contributed by atoms with Gasteiger partial charge in [-0.3, -0.25) is 9.69 Å². The van der Waals surface area contributed by atoms with Crippen LogP contribution in [-0.4, -0.2) is 47.1 Å². The molecule has 3 amide bonds. The predicted octanol–water partition coefficient (Wildman–Crippen LogP) is 3.68. The molecule has 6 nitrogen and oxygen atoms in total. The maximum Gasteiger partial charge on any atom is 0.326 e. The van der Waals surface area contributed by atoms with Crippen LogP contribution in [0.15, 0.2) is 24.3 Å². The zero-order chi connectivity index (χ0) is 19.7. The number of nitrogens with zero attached hydrogens (tertiary/aromatic N) is 2. The predicted molar refractivity (Wildman–Crippen MR) is 107 cm³/mol. The Hall–Kier alpha value is -2.08. The Kier molecular flexibility index (Phi) is 5.32. The quantitative estimate of drug-likeness (QED) is 0.786. The molecule has 4 rings (SSSR count). The smallest absolute Gasteiger partial charge is 0.326 e. The Morgan fingerprint density at radius 1 is 1.14 bits per heavy atom. The zero-order valence-corrected chi connectivity index (χ0v) is 16.9. The van der Waals surface area contributed by atoms with Gasteiger partial charge in [-0.15, -0.1) is 0 Å². The monoisotopic (exact) mass is 385 g/mol. The van der Waals surface area contributed by atoms with Gasteiger partial charge in [-0.05, 0) is 56.2 Å². The van der Waals surface area contributed by atoms with Crippen molar-refractivity contribution in [2.75, 3.05) is 19.8 Å². The topological polar surface area (TPSA) is 61.9 Å². The molecule has 6 heteroatoms. The highest BCUT2D eigenvalue weighted by atomic mass is 16.5. The van der Waals surface area contributed by atoms with Gasteiger partial charge in [0.15, 0.2) is 0 Å². The van der Waals surface area contributed by atoms with Crippen molar-refractivity contribution in [2.45, 2.75) is 64.0 Å². The zero-order valence-electron chi connectivity index (χ0n) is 16.9. The first-order valence-electron chi connectivity index (χ1n) is 10.7. The molecule has 3 aliphatic rings. The molecule has 3 unspecified atom stereocenters. The van der Waals surface area contributed by atoms with Crippen molar-refractivity contribution in [2.24, 2.45) is 5.92 Å². The van der Waals surface area contributed by atoms with Gasteiger partial charge in [0.2, 0.25) is 0 Å². The van der Waals surface area contributed by atoms with Crippen LogP contribution in [0.5, 0.6) is 5.75 Å². The van der Waals surface area contributed by atoms with Crippen molar-refractivity contribution < 1.29 is 14.3 Å². The number of urea groups is 1. The number of imide groups is 1. The highest BCUT2D eigenvalue weighted by Crippen LogP contribution is 2.39. The van der Waals surface area contributed by atoms with Gasteiger partial charge < -0.3 is 10.1 Å². The first kappa shape index (κ1) is 19.2. The van der Waals surface area contributed by atoms with Crippen LogP contribution in [0.1, 0.15) is 64.0 Å². The van der Waals surface area contributed by atoms with Crippen molar-refractivity contribution in [1.82, 2.24) is 15.1 Å². The van der Waals surface area contributed by atoms with Gasteiger partial charge in [-0.25, -0.2) is 9.69 Å². The summed E-state index contributed by atoms with van der Waals surface area (Å²) in [5, 5.41) is 3.06. The molecule has 0 radical (unpaired) electrons. The van der Waals surface area contributed by atoms with Gasteiger partial charge in [-0.1, -0.05) is 31.9 Å². The summed E-state index contributed by atoms with van der Waals surface area (Å²) in [7, 11) is 0. The van der Waals surface area contributed by atoms with Crippen LogP contribution in [0.25, 0.3) is 0 Å². The van der Waals surface area contributed by atoms with E-state index in [-0.39, 0.29) is 23.9 Å². The van der Waals surface area contributed by atoms with Crippen molar-refractivity contribution in [1.29, 1.82) is 0 Å². The Bertz CT molecular complexity index is 735. The molecule has 152 valence electrons. The molecule has 2 heterocycles. The van der Waals surface area contributed by atoms with Crippen LogP contribution in [0, 0.1) is 5.92 Å². The van der Waals surface area contributed by atoms with E-state index in [1.54, 1.807) is 0 Å². The van der Waals surface area contributed by atoms with E-state index in [2.05, 4.69) is 29.3 Å². The number of likely N-dealkylation sites (tertiary alicyclic amines) is 1. The van der Waals surface area contributed by atoms with Crippen molar-refractivity contribution in [3.8, 4) is 5.75 Å². The van der Waals surface area contributed by atoms with Gasteiger partial charge >= 0.3 is 6.03 Å². The Morgan fingerprint density at radius 3 is 2.64 bits per heavy atom. The van der Waals surface area contributed by atoms with Crippen LogP contribution < -0.4 is 10.1 Å². The van der Waals surface area contributed by atoms with E-state index < -0.39 is 5.54 Å². The summed E-state index contributed by atoms with van der Waals surface area (Å²) in [6.45, 7) is 6.00. The fraction of sp³-hybridized carbons (Fsp3) is 0.636. The fourth-order valence-corrected chi connectivity index (χ4v) is 5.13. The largest absolute Gasteiger partial charge is 0.494 e. The molecule has 2 aliphatic heterocycles. The Balaban J connectivity index is 1.48. The summed E-state index contributed by atoms with van der Waals surface area (Å²) in [4.78, 5) is 29.7. The molecule has 1 aromatic rings. The average Bonchev–Trinajstić information content (AvgIpc) is 3.24. The number of ether oxygens (including phenoxy) is 1. The number of hydrogen-bond donors (Lipinski definition) is 1. The molecule has 1 N–H and O–H groups in total. The summed E-state index contributed by atoms with van der Waals surface area (Å²) in [5.74, 6) is 1.04. The van der Waals surface area contributed by atoms with E-state index in [1.165, 1.54) is 10.5 Å². The minimum Gasteiger partial charge on any atom is -0.494 e. The van der Waals surface area contributed by atoms with Gasteiger partial charge in [0, 0.05) is 12.6 Å². The molecule has 3 atom stereocenters. The molecule has 1 aliphatic carbocycles. The number of rotatable bonds is 5.